The van der Waals surface area contributed by atoms with Gasteiger partial charge < -0.3 is 5.11 Å². The molecule has 1 fully saturated rings. The fraction of sp³-hybridized carbons (Fsp3) is 0.368. The van der Waals surface area contributed by atoms with Gasteiger partial charge in [-0.05, 0) is 55.8 Å². The summed E-state index contributed by atoms with van der Waals surface area (Å²) in [4.78, 5) is 17.8. The van der Waals surface area contributed by atoms with E-state index in [1.165, 1.54) is 6.07 Å². The third kappa shape index (κ3) is 3.97. The molecule has 24 heavy (non-hydrogen) atoms. The molecule has 1 atom stereocenters. The first kappa shape index (κ1) is 16.6. The number of hydrogen-bond donors (Lipinski definition) is 1. The summed E-state index contributed by atoms with van der Waals surface area (Å²) < 4.78 is 13.7. The van der Waals surface area contributed by atoms with Crippen LogP contribution in [0.3, 0.4) is 0 Å². The molecule has 0 radical (unpaired) electrons. The molecule has 1 aliphatic heterocycles. The molecule has 3 rings (SSSR count). The SMILES string of the molecule is O=C(O)C1CCN(C(Cc2ccccn2)c2cccc(F)c2)CC1. The lowest BCUT2D eigenvalue weighted by atomic mass is 9.92. The zero-order valence-electron chi connectivity index (χ0n) is 13.4. The predicted molar refractivity (Wildman–Crippen MR) is 89.0 cm³/mol. The Hall–Kier alpha value is -2.27. The molecule has 1 aromatic heterocycles. The van der Waals surface area contributed by atoms with Crippen LogP contribution in [-0.2, 0) is 11.2 Å². The first-order valence-electron chi connectivity index (χ1n) is 8.25. The second-order valence-corrected chi connectivity index (χ2v) is 6.24. The molecule has 5 heteroatoms. The van der Waals surface area contributed by atoms with Gasteiger partial charge in [0.05, 0.1) is 5.92 Å². The Morgan fingerprint density at radius 1 is 1.25 bits per heavy atom. The first-order chi connectivity index (χ1) is 11.6. The molecule has 0 bridgehead atoms. The highest BCUT2D eigenvalue weighted by Gasteiger charge is 2.29. The molecule has 0 aliphatic carbocycles. The van der Waals surface area contributed by atoms with Crippen LogP contribution in [0.2, 0.25) is 0 Å². The van der Waals surface area contributed by atoms with E-state index in [-0.39, 0.29) is 17.8 Å². The average molecular weight is 328 g/mol. The minimum absolute atomic E-state index is 0.00495. The molecule has 2 aromatic rings. The van der Waals surface area contributed by atoms with Gasteiger partial charge >= 0.3 is 5.97 Å². The number of aromatic nitrogens is 1. The molecule has 2 heterocycles. The fourth-order valence-electron chi connectivity index (χ4n) is 3.35. The molecule has 0 amide bonds. The fourth-order valence-corrected chi connectivity index (χ4v) is 3.35. The molecular weight excluding hydrogens is 307 g/mol. The summed E-state index contributed by atoms with van der Waals surface area (Å²) in [6.07, 6.45) is 3.70. The number of aliphatic carboxylic acids is 1. The Kier molecular flexibility index (Phi) is 5.20. The minimum Gasteiger partial charge on any atom is -0.481 e. The molecule has 0 spiro atoms. The van der Waals surface area contributed by atoms with Gasteiger partial charge in [-0.3, -0.25) is 14.7 Å². The number of benzene rings is 1. The second kappa shape index (κ2) is 7.53. The summed E-state index contributed by atoms with van der Waals surface area (Å²) in [5.74, 6) is -1.25. The van der Waals surface area contributed by atoms with Gasteiger partial charge in [-0.15, -0.1) is 0 Å². The maximum atomic E-state index is 13.7. The average Bonchev–Trinajstić information content (AvgIpc) is 2.61. The molecular formula is C19H21FN2O2. The van der Waals surface area contributed by atoms with E-state index in [4.69, 9.17) is 0 Å². The van der Waals surface area contributed by atoms with Gasteiger partial charge in [0.1, 0.15) is 5.82 Å². The predicted octanol–water partition coefficient (Wildman–Crippen LogP) is 3.30. The Balaban J connectivity index is 1.81. The molecule has 4 nitrogen and oxygen atoms in total. The monoisotopic (exact) mass is 328 g/mol. The molecule has 126 valence electrons. The van der Waals surface area contributed by atoms with Crippen molar-refractivity contribution in [3.05, 3.63) is 65.7 Å². The quantitative estimate of drug-likeness (QED) is 0.915. The topological polar surface area (TPSA) is 53.4 Å². The van der Waals surface area contributed by atoms with Gasteiger partial charge in [0.15, 0.2) is 0 Å². The van der Waals surface area contributed by atoms with Gasteiger partial charge in [-0.1, -0.05) is 18.2 Å². The van der Waals surface area contributed by atoms with E-state index in [0.29, 0.717) is 32.4 Å². The normalized spacial score (nSPS) is 17.5. The van der Waals surface area contributed by atoms with E-state index in [1.807, 2.05) is 24.3 Å². The summed E-state index contributed by atoms with van der Waals surface area (Å²) in [6.45, 7) is 1.40. The van der Waals surface area contributed by atoms with Crippen molar-refractivity contribution in [3.8, 4) is 0 Å². The van der Waals surface area contributed by atoms with Crippen molar-refractivity contribution >= 4 is 5.97 Å². The van der Waals surface area contributed by atoms with Crippen molar-refractivity contribution in [1.82, 2.24) is 9.88 Å². The summed E-state index contributed by atoms with van der Waals surface area (Å²) >= 11 is 0. The number of likely N-dealkylation sites (tertiary alicyclic amines) is 1. The number of carbonyl (C=O) groups is 1. The molecule has 1 aromatic carbocycles. The number of rotatable bonds is 5. The third-order valence-corrected chi connectivity index (χ3v) is 4.68. The highest BCUT2D eigenvalue weighted by atomic mass is 19.1. The highest BCUT2D eigenvalue weighted by molar-refractivity contribution is 5.70. The Morgan fingerprint density at radius 2 is 2.04 bits per heavy atom. The van der Waals surface area contributed by atoms with Crippen molar-refractivity contribution in [3.63, 3.8) is 0 Å². The van der Waals surface area contributed by atoms with Gasteiger partial charge in [0, 0.05) is 24.4 Å². The van der Waals surface area contributed by atoms with Crippen LogP contribution in [-0.4, -0.2) is 34.0 Å². The molecule has 1 N–H and O–H groups in total. The van der Waals surface area contributed by atoms with E-state index in [1.54, 1.807) is 18.3 Å². The van der Waals surface area contributed by atoms with Crippen LogP contribution in [0.25, 0.3) is 0 Å². The maximum Gasteiger partial charge on any atom is 0.306 e. The summed E-state index contributed by atoms with van der Waals surface area (Å²) in [6, 6.07) is 12.5. The Morgan fingerprint density at radius 3 is 2.67 bits per heavy atom. The third-order valence-electron chi connectivity index (χ3n) is 4.68. The van der Waals surface area contributed by atoms with Crippen LogP contribution in [0.5, 0.6) is 0 Å². The van der Waals surface area contributed by atoms with E-state index in [2.05, 4.69) is 9.88 Å². The van der Waals surface area contributed by atoms with E-state index in [0.717, 1.165) is 11.3 Å². The molecule has 1 aliphatic rings. The number of hydrogen-bond acceptors (Lipinski definition) is 3. The number of piperidine rings is 1. The Bertz CT molecular complexity index is 685. The van der Waals surface area contributed by atoms with E-state index < -0.39 is 5.97 Å². The number of pyridine rings is 1. The highest BCUT2D eigenvalue weighted by Crippen LogP contribution is 2.30. The first-order valence-corrected chi connectivity index (χ1v) is 8.25. The summed E-state index contributed by atoms with van der Waals surface area (Å²) in [5.41, 5.74) is 1.86. The van der Waals surface area contributed by atoms with Crippen LogP contribution in [0.15, 0.2) is 48.7 Å². The van der Waals surface area contributed by atoms with Crippen molar-refractivity contribution < 1.29 is 14.3 Å². The van der Waals surface area contributed by atoms with Crippen LogP contribution >= 0.6 is 0 Å². The van der Waals surface area contributed by atoms with E-state index >= 15 is 0 Å². The van der Waals surface area contributed by atoms with Gasteiger partial charge in [-0.2, -0.15) is 0 Å². The maximum absolute atomic E-state index is 13.7. The van der Waals surface area contributed by atoms with Crippen molar-refractivity contribution in [2.75, 3.05) is 13.1 Å². The van der Waals surface area contributed by atoms with Gasteiger partial charge in [0.25, 0.3) is 0 Å². The summed E-state index contributed by atoms with van der Waals surface area (Å²) in [7, 11) is 0. The zero-order valence-corrected chi connectivity index (χ0v) is 13.4. The number of carboxylic acid groups (broad SMARTS) is 1. The van der Waals surface area contributed by atoms with Gasteiger partial charge in [0.2, 0.25) is 0 Å². The summed E-state index contributed by atoms with van der Waals surface area (Å²) in [5, 5.41) is 9.17. The standard InChI is InChI=1S/C19H21FN2O2/c20-16-5-3-4-15(12-16)18(13-17-6-1-2-9-21-17)22-10-7-14(8-11-22)19(23)24/h1-6,9,12,14,18H,7-8,10-11,13H2,(H,23,24). The zero-order chi connectivity index (χ0) is 16.9. The number of halogens is 1. The largest absolute Gasteiger partial charge is 0.481 e. The number of carboxylic acids is 1. The lowest BCUT2D eigenvalue weighted by molar-refractivity contribution is -0.143. The smallest absolute Gasteiger partial charge is 0.306 e. The van der Waals surface area contributed by atoms with Crippen LogP contribution in [0, 0.1) is 11.7 Å². The minimum atomic E-state index is -0.721. The van der Waals surface area contributed by atoms with Crippen molar-refractivity contribution in [2.24, 2.45) is 5.92 Å². The van der Waals surface area contributed by atoms with Crippen LogP contribution < -0.4 is 0 Å². The van der Waals surface area contributed by atoms with Crippen LogP contribution in [0.1, 0.15) is 30.1 Å². The Labute approximate surface area is 141 Å². The van der Waals surface area contributed by atoms with Crippen molar-refractivity contribution in [1.29, 1.82) is 0 Å². The number of nitrogens with zero attached hydrogens (tertiary/aromatic N) is 2. The second-order valence-electron chi connectivity index (χ2n) is 6.24. The lowest BCUT2D eigenvalue weighted by Crippen LogP contribution is -2.39. The van der Waals surface area contributed by atoms with Crippen molar-refractivity contribution in [2.45, 2.75) is 25.3 Å². The van der Waals surface area contributed by atoms with Crippen LogP contribution in [0.4, 0.5) is 4.39 Å². The molecule has 1 unspecified atom stereocenters. The van der Waals surface area contributed by atoms with Gasteiger partial charge in [-0.25, -0.2) is 4.39 Å². The molecule has 1 saturated heterocycles. The molecule has 0 saturated carbocycles. The van der Waals surface area contributed by atoms with E-state index in [9.17, 15) is 14.3 Å². The lowest BCUT2D eigenvalue weighted by Gasteiger charge is -2.36.